The van der Waals surface area contributed by atoms with Crippen molar-refractivity contribution in [2.45, 2.75) is 18.9 Å². The highest BCUT2D eigenvalue weighted by atomic mass is 16.5. The highest BCUT2D eigenvalue weighted by Gasteiger charge is 2.33. The van der Waals surface area contributed by atoms with Crippen LogP contribution in [0.2, 0.25) is 0 Å². The molecule has 4 heterocycles. The van der Waals surface area contributed by atoms with Crippen LogP contribution in [0.1, 0.15) is 35.3 Å². The number of likely N-dealkylation sites (tertiary alicyclic amines) is 1. The molecule has 1 saturated heterocycles. The molecule has 1 unspecified atom stereocenters. The summed E-state index contributed by atoms with van der Waals surface area (Å²) in [5.74, 6) is 0.981. The van der Waals surface area contributed by atoms with Gasteiger partial charge >= 0.3 is 0 Å². The summed E-state index contributed by atoms with van der Waals surface area (Å²) in [6.07, 6.45) is 5.07. The highest BCUT2D eigenvalue weighted by Crippen LogP contribution is 2.31. The zero-order valence-corrected chi connectivity index (χ0v) is 17.2. The number of carbonyl (C=O) groups is 2. The number of aromatic nitrogens is 3. The van der Waals surface area contributed by atoms with Crippen molar-refractivity contribution in [3.8, 4) is 5.75 Å². The lowest BCUT2D eigenvalue weighted by Crippen LogP contribution is -2.35. The largest absolute Gasteiger partial charge is 0.484 e. The minimum absolute atomic E-state index is 0.108. The molecule has 3 aromatic heterocycles. The minimum Gasteiger partial charge on any atom is -0.484 e. The van der Waals surface area contributed by atoms with Crippen LogP contribution in [-0.2, 0) is 4.79 Å². The van der Waals surface area contributed by atoms with Crippen LogP contribution in [-0.4, -0.2) is 44.5 Å². The second-order valence-corrected chi connectivity index (χ2v) is 7.48. The summed E-state index contributed by atoms with van der Waals surface area (Å²) in [7, 11) is 0. The van der Waals surface area contributed by atoms with Crippen molar-refractivity contribution in [1.82, 2.24) is 19.5 Å². The van der Waals surface area contributed by atoms with E-state index in [-0.39, 0.29) is 30.2 Å². The van der Waals surface area contributed by atoms with Crippen molar-refractivity contribution >= 4 is 23.1 Å². The Labute approximate surface area is 183 Å². The van der Waals surface area contributed by atoms with Crippen molar-refractivity contribution in [3.63, 3.8) is 0 Å². The Bertz CT molecular complexity index is 1250. The van der Waals surface area contributed by atoms with Gasteiger partial charge in [-0.3, -0.25) is 14.0 Å². The number of benzene rings is 1. The van der Waals surface area contributed by atoms with Crippen molar-refractivity contribution in [2.75, 3.05) is 18.5 Å². The van der Waals surface area contributed by atoms with Crippen molar-refractivity contribution in [3.05, 3.63) is 78.6 Å². The smallest absolute Gasteiger partial charge is 0.291 e. The molecule has 0 aliphatic carbocycles. The van der Waals surface area contributed by atoms with Crippen LogP contribution in [0.5, 0.6) is 5.75 Å². The van der Waals surface area contributed by atoms with Gasteiger partial charge in [-0.15, -0.1) is 10.2 Å². The molecule has 0 spiro atoms. The number of furan rings is 1. The van der Waals surface area contributed by atoms with Crippen molar-refractivity contribution in [1.29, 1.82) is 0 Å². The van der Waals surface area contributed by atoms with Gasteiger partial charge in [0.25, 0.3) is 11.8 Å². The Balaban J connectivity index is 1.24. The Morgan fingerprint density at radius 3 is 2.94 bits per heavy atom. The van der Waals surface area contributed by atoms with Crippen LogP contribution < -0.4 is 10.1 Å². The molecule has 1 aromatic carbocycles. The van der Waals surface area contributed by atoms with Gasteiger partial charge in [0.2, 0.25) is 0 Å². The number of anilines is 1. The number of rotatable bonds is 6. The quantitative estimate of drug-likeness (QED) is 0.503. The molecule has 1 N–H and O–H groups in total. The summed E-state index contributed by atoms with van der Waals surface area (Å²) < 4.78 is 12.8. The molecule has 1 fully saturated rings. The molecule has 0 bridgehead atoms. The molecule has 2 amide bonds. The molecule has 32 heavy (non-hydrogen) atoms. The van der Waals surface area contributed by atoms with E-state index >= 15 is 0 Å². The molecule has 1 aliphatic heterocycles. The molecule has 0 radical (unpaired) electrons. The van der Waals surface area contributed by atoms with Crippen LogP contribution in [0.4, 0.5) is 5.69 Å². The van der Waals surface area contributed by atoms with Crippen LogP contribution in [0.15, 0.2) is 71.5 Å². The number of nitrogens with one attached hydrogen (secondary N) is 1. The van der Waals surface area contributed by atoms with Gasteiger partial charge in [0.15, 0.2) is 23.8 Å². The Kier molecular flexibility index (Phi) is 5.29. The molecular weight excluding hydrogens is 410 g/mol. The molecule has 5 rings (SSSR count). The summed E-state index contributed by atoms with van der Waals surface area (Å²) in [4.78, 5) is 26.9. The van der Waals surface area contributed by atoms with Gasteiger partial charge in [-0.05, 0) is 49.2 Å². The van der Waals surface area contributed by atoms with Gasteiger partial charge in [0.1, 0.15) is 5.75 Å². The maximum atomic E-state index is 12.9. The van der Waals surface area contributed by atoms with Crippen LogP contribution >= 0.6 is 0 Å². The van der Waals surface area contributed by atoms with E-state index in [4.69, 9.17) is 9.15 Å². The molecule has 0 saturated carbocycles. The van der Waals surface area contributed by atoms with E-state index in [1.54, 1.807) is 41.3 Å². The van der Waals surface area contributed by atoms with Gasteiger partial charge in [-0.1, -0.05) is 12.1 Å². The molecule has 1 atom stereocenters. The normalized spacial score (nSPS) is 15.8. The third-order valence-electron chi connectivity index (χ3n) is 5.41. The fourth-order valence-corrected chi connectivity index (χ4v) is 3.91. The van der Waals surface area contributed by atoms with E-state index in [1.807, 2.05) is 28.8 Å². The molecular formula is C23H21N5O4. The summed E-state index contributed by atoms with van der Waals surface area (Å²) in [5, 5.41) is 11.3. The van der Waals surface area contributed by atoms with Crippen LogP contribution in [0.3, 0.4) is 0 Å². The second-order valence-electron chi connectivity index (χ2n) is 7.48. The first kappa shape index (κ1) is 19.8. The second kappa shape index (κ2) is 8.54. The lowest BCUT2D eigenvalue weighted by Gasteiger charge is -2.23. The Morgan fingerprint density at radius 1 is 1.12 bits per heavy atom. The summed E-state index contributed by atoms with van der Waals surface area (Å²) in [6.45, 7) is 0.538. The van der Waals surface area contributed by atoms with E-state index in [1.165, 1.54) is 6.26 Å². The average Bonchev–Trinajstić information content (AvgIpc) is 3.58. The Hall–Kier alpha value is -4.14. The van der Waals surface area contributed by atoms with Gasteiger partial charge < -0.3 is 19.4 Å². The summed E-state index contributed by atoms with van der Waals surface area (Å²) in [5.41, 5.74) is 1.30. The zero-order valence-electron chi connectivity index (χ0n) is 17.2. The maximum Gasteiger partial charge on any atom is 0.291 e. The highest BCUT2D eigenvalue weighted by molar-refractivity contribution is 6.02. The minimum atomic E-state index is -0.358. The molecule has 162 valence electrons. The number of hydrogen-bond acceptors (Lipinski definition) is 6. The number of pyridine rings is 1. The number of carbonyl (C=O) groups excluding carboxylic acids is 2. The number of nitrogens with zero attached hydrogens (tertiary/aromatic N) is 4. The third-order valence-corrected chi connectivity index (χ3v) is 5.41. The van der Waals surface area contributed by atoms with Gasteiger partial charge in [0.05, 0.1) is 12.3 Å². The standard InChI is InChI=1S/C23H21N5O4/c29-21(27-12-4-8-18(27)22-26-25-20-10-1-2-11-28(20)22)15-32-17-7-3-6-16(14-17)24-23(30)19-9-5-13-31-19/h1-3,5-7,9-11,13-14,18H,4,8,12,15H2,(H,24,30). The summed E-state index contributed by atoms with van der Waals surface area (Å²) in [6, 6.07) is 15.7. The first-order chi connectivity index (χ1) is 15.7. The predicted octanol–water partition coefficient (Wildman–Crippen LogP) is 3.32. The topological polar surface area (TPSA) is 102 Å². The predicted molar refractivity (Wildman–Crippen MR) is 115 cm³/mol. The SMILES string of the molecule is O=C(Nc1cccc(OCC(=O)N2CCCC2c2nnc3ccccn23)c1)c1ccco1. The molecule has 4 aromatic rings. The van der Waals surface area contributed by atoms with Crippen LogP contribution in [0, 0.1) is 0 Å². The third kappa shape index (κ3) is 3.92. The number of ether oxygens (including phenoxy) is 1. The first-order valence-corrected chi connectivity index (χ1v) is 10.4. The lowest BCUT2D eigenvalue weighted by atomic mass is 10.2. The fraction of sp³-hybridized carbons (Fsp3) is 0.217. The van der Waals surface area contributed by atoms with Gasteiger partial charge in [-0.2, -0.15) is 0 Å². The molecule has 9 heteroatoms. The number of hydrogen-bond donors (Lipinski definition) is 1. The average molecular weight is 431 g/mol. The molecule has 9 nitrogen and oxygen atoms in total. The van der Waals surface area contributed by atoms with E-state index in [9.17, 15) is 9.59 Å². The van der Waals surface area contributed by atoms with E-state index in [0.717, 1.165) is 24.3 Å². The van der Waals surface area contributed by atoms with Crippen molar-refractivity contribution < 1.29 is 18.7 Å². The number of amides is 2. The number of fused-ring (bicyclic) bond motifs is 1. The van der Waals surface area contributed by atoms with Crippen molar-refractivity contribution in [2.24, 2.45) is 0 Å². The fourth-order valence-electron chi connectivity index (χ4n) is 3.91. The van der Waals surface area contributed by atoms with Crippen LogP contribution in [0.25, 0.3) is 5.65 Å². The maximum absolute atomic E-state index is 12.9. The lowest BCUT2D eigenvalue weighted by molar-refractivity contribution is -0.134. The zero-order chi connectivity index (χ0) is 21.9. The van der Waals surface area contributed by atoms with Gasteiger partial charge in [-0.25, -0.2) is 0 Å². The van der Waals surface area contributed by atoms with Gasteiger partial charge in [0, 0.05) is 24.5 Å². The van der Waals surface area contributed by atoms with E-state index in [0.29, 0.717) is 18.0 Å². The Morgan fingerprint density at radius 2 is 2.06 bits per heavy atom. The monoisotopic (exact) mass is 431 g/mol. The van der Waals surface area contributed by atoms with E-state index < -0.39 is 0 Å². The summed E-state index contributed by atoms with van der Waals surface area (Å²) >= 11 is 0. The van der Waals surface area contributed by atoms with E-state index in [2.05, 4.69) is 15.5 Å². The molecule has 1 aliphatic rings. The first-order valence-electron chi connectivity index (χ1n) is 10.4.